The molecule has 1 unspecified atom stereocenters. The van der Waals surface area contributed by atoms with Crippen LogP contribution < -0.4 is 4.74 Å². The second-order valence-electron chi connectivity index (χ2n) is 11.4. The van der Waals surface area contributed by atoms with Crippen molar-refractivity contribution in [1.29, 1.82) is 0 Å². The molecular weight excluding hydrogens is 486 g/mol. The third-order valence-electron chi connectivity index (χ3n) is 7.64. The van der Waals surface area contributed by atoms with Gasteiger partial charge in [0.2, 0.25) is 0 Å². The Morgan fingerprint density at radius 2 is 1.64 bits per heavy atom. The summed E-state index contributed by atoms with van der Waals surface area (Å²) >= 11 is 0. The third-order valence-corrected chi connectivity index (χ3v) is 7.64. The molecule has 5 nitrogen and oxygen atoms in total. The van der Waals surface area contributed by atoms with Gasteiger partial charge in [-0.05, 0) is 84.5 Å². The van der Waals surface area contributed by atoms with Crippen LogP contribution in [0.1, 0.15) is 91.1 Å². The second-order valence-corrected chi connectivity index (χ2v) is 11.4. The van der Waals surface area contributed by atoms with Crippen molar-refractivity contribution in [2.45, 2.75) is 84.3 Å². The predicted molar refractivity (Wildman–Crippen MR) is 155 cm³/mol. The highest BCUT2D eigenvalue weighted by atomic mass is 16.5. The first-order chi connectivity index (χ1) is 18.7. The molecule has 0 spiro atoms. The zero-order valence-corrected chi connectivity index (χ0v) is 23.7. The molecular formula is C34H41NO4. The molecule has 0 aromatic heterocycles. The van der Waals surface area contributed by atoms with Crippen molar-refractivity contribution in [1.82, 2.24) is 4.90 Å². The predicted octanol–water partition coefficient (Wildman–Crippen LogP) is 7.21. The van der Waals surface area contributed by atoms with Crippen LogP contribution in [0.3, 0.4) is 0 Å². The molecule has 1 N–H and O–H groups in total. The molecule has 1 heterocycles. The van der Waals surface area contributed by atoms with E-state index in [1.54, 1.807) is 6.07 Å². The number of aliphatic carboxylic acids is 1. The summed E-state index contributed by atoms with van der Waals surface area (Å²) in [6, 6.07) is 22.4. The monoisotopic (exact) mass is 527 g/mol. The van der Waals surface area contributed by atoms with Gasteiger partial charge in [-0.2, -0.15) is 0 Å². The van der Waals surface area contributed by atoms with Crippen molar-refractivity contribution in [3.8, 4) is 5.75 Å². The number of fused-ring (bicyclic) bond motifs is 1. The highest BCUT2D eigenvalue weighted by molar-refractivity contribution is 5.96. The van der Waals surface area contributed by atoms with Gasteiger partial charge in [-0.3, -0.25) is 9.59 Å². The lowest BCUT2D eigenvalue weighted by Gasteiger charge is -2.36. The highest BCUT2D eigenvalue weighted by Gasteiger charge is 2.32. The van der Waals surface area contributed by atoms with Crippen LogP contribution >= 0.6 is 0 Å². The van der Waals surface area contributed by atoms with E-state index in [4.69, 9.17) is 4.74 Å². The molecule has 5 heteroatoms. The second kappa shape index (κ2) is 12.5. The molecule has 0 saturated carbocycles. The molecule has 1 atom stereocenters. The first-order valence-electron chi connectivity index (χ1n) is 14.2. The lowest BCUT2D eigenvalue weighted by molar-refractivity contribution is -0.137. The summed E-state index contributed by atoms with van der Waals surface area (Å²) in [6.07, 6.45) is 5.75. The smallest absolute Gasteiger partial charge is 0.323 e. The summed E-state index contributed by atoms with van der Waals surface area (Å²) in [7, 11) is 0. The lowest BCUT2D eigenvalue weighted by atomic mass is 9.86. The van der Waals surface area contributed by atoms with Crippen LogP contribution in [-0.2, 0) is 30.6 Å². The summed E-state index contributed by atoms with van der Waals surface area (Å²) < 4.78 is 6.48. The molecule has 4 rings (SSSR count). The molecule has 39 heavy (non-hydrogen) atoms. The van der Waals surface area contributed by atoms with Gasteiger partial charge in [0.1, 0.15) is 17.9 Å². The summed E-state index contributed by atoms with van der Waals surface area (Å²) in [5.74, 6) is -0.00587. The fraction of sp³-hybridized carbons (Fsp3) is 0.412. The number of carbonyl (C=O) groups is 2. The van der Waals surface area contributed by atoms with Crippen molar-refractivity contribution in [3.63, 3.8) is 0 Å². The number of unbranched alkanes of at least 4 members (excludes halogenated alkanes) is 1. The number of amides is 1. The van der Waals surface area contributed by atoms with Gasteiger partial charge in [0, 0.05) is 18.5 Å². The summed E-state index contributed by atoms with van der Waals surface area (Å²) in [4.78, 5) is 26.4. The van der Waals surface area contributed by atoms with Crippen LogP contribution in [-0.4, -0.2) is 34.0 Å². The molecule has 1 amide bonds. The lowest BCUT2D eigenvalue weighted by Crippen LogP contribution is -2.39. The van der Waals surface area contributed by atoms with E-state index in [0.29, 0.717) is 11.5 Å². The maximum atomic E-state index is 13.4. The van der Waals surface area contributed by atoms with Crippen molar-refractivity contribution in [3.05, 3.63) is 100 Å². The van der Waals surface area contributed by atoms with Gasteiger partial charge in [0.05, 0.1) is 0 Å². The minimum Gasteiger partial charge on any atom is -0.487 e. The number of ether oxygens (including phenoxy) is 1. The first kappa shape index (κ1) is 28.4. The maximum absolute atomic E-state index is 13.4. The Balaban J connectivity index is 1.45. The number of carbonyl (C=O) groups excluding carboxylic acids is 1. The molecule has 206 valence electrons. The van der Waals surface area contributed by atoms with E-state index in [9.17, 15) is 14.7 Å². The molecule has 3 aromatic rings. The van der Waals surface area contributed by atoms with E-state index < -0.39 is 5.97 Å². The van der Waals surface area contributed by atoms with E-state index in [0.717, 1.165) is 55.4 Å². The summed E-state index contributed by atoms with van der Waals surface area (Å²) in [6.45, 7) is 8.61. The van der Waals surface area contributed by atoms with Crippen LogP contribution in [0, 0.1) is 0 Å². The van der Waals surface area contributed by atoms with E-state index >= 15 is 0 Å². The highest BCUT2D eigenvalue weighted by Crippen LogP contribution is 2.36. The van der Waals surface area contributed by atoms with Crippen LogP contribution in [0.4, 0.5) is 0 Å². The van der Waals surface area contributed by atoms with E-state index in [1.165, 1.54) is 21.6 Å². The number of nitrogens with zero attached hydrogens (tertiary/aromatic N) is 1. The Hall–Kier alpha value is -3.60. The Morgan fingerprint density at radius 3 is 2.28 bits per heavy atom. The van der Waals surface area contributed by atoms with Crippen molar-refractivity contribution >= 4 is 11.9 Å². The fourth-order valence-electron chi connectivity index (χ4n) is 5.26. The van der Waals surface area contributed by atoms with Gasteiger partial charge in [0.15, 0.2) is 0 Å². The Morgan fingerprint density at radius 1 is 0.974 bits per heavy atom. The number of carboxylic acid groups (broad SMARTS) is 1. The van der Waals surface area contributed by atoms with E-state index in [2.05, 4.69) is 64.1 Å². The van der Waals surface area contributed by atoms with Crippen LogP contribution in [0.25, 0.3) is 0 Å². The van der Waals surface area contributed by atoms with Gasteiger partial charge in [0.25, 0.3) is 5.91 Å². The standard InChI is InChI=1S/C34H41NO4/c1-5-6-7-25-8-10-27(11-9-25)22-35(23-32(36)37)33(38)30-16-17-31-29(20-30)18-19-34(4,39-31)21-26-12-14-28(15-13-26)24(2)3/h8-17,20,24H,5-7,18-19,21-23H2,1-4H3,(H,36,37). The average Bonchev–Trinajstić information content (AvgIpc) is 2.91. The molecule has 0 saturated heterocycles. The van der Waals surface area contributed by atoms with Crippen LogP contribution in [0.15, 0.2) is 66.7 Å². The number of hydrogen-bond acceptors (Lipinski definition) is 3. The van der Waals surface area contributed by atoms with Gasteiger partial charge in [-0.15, -0.1) is 0 Å². The zero-order chi connectivity index (χ0) is 28.0. The Kier molecular flexibility index (Phi) is 9.11. The maximum Gasteiger partial charge on any atom is 0.323 e. The number of rotatable bonds is 11. The SMILES string of the molecule is CCCCc1ccc(CN(CC(=O)O)C(=O)c2ccc3c(c2)CCC(C)(Cc2ccc(C(C)C)cc2)O3)cc1. The van der Waals surface area contributed by atoms with Crippen molar-refractivity contribution in [2.75, 3.05) is 6.54 Å². The molecule has 1 aliphatic heterocycles. The van der Waals surface area contributed by atoms with Crippen molar-refractivity contribution < 1.29 is 19.4 Å². The number of hydrogen-bond donors (Lipinski definition) is 1. The normalized spacial score (nSPS) is 16.4. The molecule has 1 aliphatic rings. The largest absolute Gasteiger partial charge is 0.487 e. The molecule has 3 aromatic carbocycles. The molecule has 0 bridgehead atoms. The Bertz CT molecular complexity index is 1280. The van der Waals surface area contributed by atoms with Crippen LogP contribution in [0.2, 0.25) is 0 Å². The quantitative estimate of drug-likeness (QED) is 0.286. The molecule has 0 fully saturated rings. The average molecular weight is 528 g/mol. The number of aryl methyl sites for hydroxylation is 2. The van der Waals surface area contributed by atoms with Gasteiger partial charge < -0.3 is 14.7 Å². The van der Waals surface area contributed by atoms with Gasteiger partial charge in [-0.1, -0.05) is 75.7 Å². The molecule has 0 aliphatic carbocycles. The number of carboxylic acids is 1. The topological polar surface area (TPSA) is 66.8 Å². The van der Waals surface area contributed by atoms with E-state index in [1.807, 2.05) is 24.3 Å². The molecule has 0 radical (unpaired) electrons. The van der Waals surface area contributed by atoms with Crippen molar-refractivity contribution in [2.24, 2.45) is 0 Å². The first-order valence-corrected chi connectivity index (χ1v) is 14.2. The fourth-order valence-corrected chi connectivity index (χ4v) is 5.26. The summed E-state index contributed by atoms with van der Waals surface area (Å²) in [5.41, 5.74) is 5.91. The van der Waals surface area contributed by atoms with Gasteiger partial charge >= 0.3 is 5.97 Å². The van der Waals surface area contributed by atoms with E-state index in [-0.39, 0.29) is 24.6 Å². The zero-order valence-electron chi connectivity index (χ0n) is 23.7. The Labute approximate surface area is 232 Å². The minimum absolute atomic E-state index is 0.250. The van der Waals surface area contributed by atoms with Crippen LogP contribution in [0.5, 0.6) is 5.75 Å². The minimum atomic E-state index is -1.03. The summed E-state index contributed by atoms with van der Waals surface area (Å²) in [5, 5.41) is 9.50. The van der Waals surface area contributed by atoms with Gasteiger partial charge in [-0.25, -0.2) is 0 Å². The number of benzene rings is 3. The third kappa shape index (κ3) is 7.50.